The first-order valence-corrected chi connectivity index (χ1v) is 11.3. The average Bonchev–Trinajstić information content (AvgIpc) is 3.21. The van der Waals surface area contributed by atoms with Crippen LogP contribution < -0.4 is 10.2 Å². The lowest BCUT2D eigenvalue weighted by molar-refractivity contribution is -0.384. The molecule has 2 amide bonds. The van der Waals surface area contributed by atoms with E-state index in [0.29, 0.717) is 44.8 Å². The summed E-state index contributed by atoms with van der Waals surface area (Å²) in [6.07, 6.45) is 0.691. The summed E-state index contributed by atoms with van der Waals surface area (Å²) in [6.45, 7) is 4.04. The Morgan fingerprint density at radius 3 is 2.59 bits per heavy atom. The van der Waals surface area contributed by atoms with Crippen molar-refractivity contribution in [3.05, 3.63) is 69.1 Å². The summed E-state index contributed by atoms with van der Waals surface area (Å²) in [6, 6.07) is 12.7. The molecule has 1 aliphatic rings. The highest BCUT2D eigenvalue weighted by Crippen LogP contribution is 2.30. The van der Waals surface area contributed by atoms with Gasteiger partial charge in [0.05, 0.1) is 4.92 Å². The van der Waals surface area contributed by atoms with Crippen LogP contribution in [-0.4, -0.2) is 54.4 Å². The largest absolute Gasteiger partial charge is 0.362 e. The lowest BCUT2D eigenvalue weighted by Gasteiger charge is -2.35. The van der Waals surface area contributed by atoms with Gasteiger partial charge in [0.1, 0.15) is 5.69 Å². The number of piperazine rings is 1. The Morgan fingerprint density at radius 1 is 1.12 bits per heavy atom. The van der Waals surface area contributed by atoms with E-state index in [1.807, 2.05) is 17.0 Å². The molecule has 4 rings (SSSR count). The average molecular weight is 453 g/mol. The summed E-state index contributed by atoms with van der Waals surface area (Å²) in [4.78, 5) is 39.0. The Bertz CT molecular complexity index is 1170. The normalized spacial score (nSPS) is 13.9. The summed E-state index contributed by atoms with van der Waals surface area (Å²) in [5.74, 6) is -0.331. The third kappa shape index (κ3) is 4.57. The van der Waals surface area contributed by atoms with Crippen LogP contribution in [0.5, 0.6) is 0 Å². The zero-order valence-electron chi connectivity index (χ0n) is 17.7. The van der Waals surface area contributed by atoms with Gasteiger partial charge < -0.3 is 15.1 Å². The number of benzene rings is 2. The fraction of sp³-hybridized carbons (Fsp3) is 0.304. The molecule has 3 aromatic rings. The maximum Gasteiger partial charge on any atom is 0.293 e. The summed E-state index contributed by atoms with van der Waals surface area (Å²) >= 11 is 1.68. The minimum Gasteiger partial charge on any atom is -0.362 e. The molecule has 0 unspecified atom stereocenters. The molecule has 2 aromatic carbocycles. The van der Waals surface area contributed by atoms with Crippen molar-refractivity contribution in [1.29, 1.82) is 0 Å². The Morgan fingerprint density at radius 2 is 1.88 bits per heavy atom. The maximum atomic E-state index is 12.6. The van der Waals surface area contributed by atoms with Gasteiger partial charge in [-0.2, -0.15) is 0 Å². The second-order valence-corrected chi connectivity index (χ2v) is 8.63. The van der Waals surface area contributed by atoms with Crippen LogP contribution in [-0.2, 0) is 11.2 Å². The molecular weight excluding hydrogens is 428 g/mol. The summed E-state index contributed by atoms with van der Waals surface area (Å²) in [5, 5.41) is 17.9. The zero-order valence-corrected chi connectivity index (χ0v) is 18.6. The standard InChI is InChI=1S/C23H24N4O4S/c1-16(28)25-10-12-26(13-11-25)20-7-6-17(14-21(20)27(30)31)23(29)24-9-8-18-15-32-22-5-3-2-4-19(18)22/h2-7,14-15H,8-13H2,1H3,(H,24,29). The minimum absolute atomic E-state index is 0.00150. The van der Waals surface area contributed by atoms with Crippen molar-refractivity contribution in [2.24, 2.45) is 0 Å². The Hall–Kier alpha value is -3.46. The topological polar surface area (TPSA) is 95.8 Å². The van der Waals surface area contributed by atoms with E-state index in [0.717, 1.165) is 0 Å². The van der Waals surface area contributed by atoms with E-state index in [1.165, 1.54) is 28.6 Å². The van der Waals surface area contributed by atoms with Crippen LogP contribution >= 0.6 is 11.3 Å². The summed E-state index contributed by atoms with van der Waals surface area (Å²) in [5.41, 5.74) is 1.81. The molecule has 0 saturated carbocycles. The van der Waals surface area contributed by atoms with Crippen molar-refractivity contribution >= 4 is 44.6 Å². The van der Waals surface area contributed by atoms with E-state index in [-0.39, 0.29) is 23.1 Å². The number of rotatable bonds is 6. The molecule has 0 atom stereocenters. The number of fused-ring (bicyclic) bond motifs is 1. The van der Waals surface area contributed by atoms with E-state index in [2.05, 4.69) is 22.8 Å². The van der Waals surface area contributed by atoms with Crippen molar-refractivity contribution in [3.63, 3.8) is 0 Å². The second-order valence-electron chi connectivity index (χ2n) is 7.72. The fourth-order valence-electron chi connectivity index (χ4n) is 3.98. The minimum atomic E-state index is -0.457. The Kier molecular flexibility index (Phi) is 6.36. The lowest BCUT2D eigenvalue weighted by atomic mass is 10.1. The molecule has 1 aromatic heterocycles. The molecule has 0 aliphatic carbocycles. The molecule has 166 valence electrons. The van der Waals surface area contributed by atoms with Gasteiger partial charge in [-0.1, -0.05) is 18.2 Å². The van der Waals surface area contributed by atoms with Crippen LogP contribution in [0.15, 0.2) is 47.8 Å². The number of nitrogens with one attached hydrogen (secondary N) is 1. The monoisotopic (exact) mass is 452 g/mol. The highest BCUT2D eigenvalue weighted by molar-refractivity contribution is 7.17. The van der Waals surface area contributed by atoms with Gasteiger partial charge in [0.25, 0.3) is 11.6 Å². The summed E-state index contributed by atoms with van der Waals surface area (Å²) < 4.78 is 1.21. The molecule has 32 heavy (non-hydrogen) atoms. The quantitative estimate of drug-likeness (QED) is 0.457. The Labute approximate surface area is 189 Å². The van der Waals surface area contributed by atoms with E-state index in [1.54, 1.807) is 28.4 Å². The molecule has 1 N–H and O–H groups in total. The number of hydrogen-bond donors (Lipinski definition) is 1. The summed E-state index contributed by atoms with van der Waals surface area (Å²) in [7, 11) is 0. The van der Waals surface area contributed by atoms with Gasteiger partial charge in [0.2, 0.25) is 5.91 Å². The highest BCUT2D eigenvalue weighted by Gasteiger charge is 2.25. The zero-order chi connectivity index (χ0) is 22.7. The van der Waals surface area contributed by atoms with E-state index in [9.17, 15) is 19.7 Å². The van der Waals surface area contributed by atoms with Crippen molar-refractivity contribution in [2.75, 3.05) is 37.6 Å². The molecule has 0 spiro atoms. The molecule has 8 nitrogen and oxygen atoms in total. The van der Waals surface area contributed by atoms with Crippen LogP contribution in [0.3, 0.4) is 0 Å². The Balaban J connectivity index is 1.42. The third-order valence-electron chi connectivity index (χ3n) is 5.74. The fourth-order valence-corrected chi connectivity index (χ4v) is 4.98. The number of nitro groups is 1. The van der Waals surface area contributed by atoms with E-state index in [4.69, 9.17) is 0 Å². The van der Waals surface area contributed by atoms with Gasteiger partial charge in [-0.05, 0) is 40.9 Å². The number of hydrogen-bond acceptors (Lipinski definition) is 6. The van der Waals surface area contributed by atoms with Gasteiger partial charge in [-0.25, -0.2) is 0 Å². The number of thiophene rings is 1. The molecule has 1 aliphatic heterocycles. The van der Waals surface area contributed by atoms with Crippen LogP contribution in [0.25, 0.3) is 10.1 Å². The molecule has 1 saturated heterocycles. The van der Waals surface area contributed by atoms with E-state index >= 15 is 0 Å². The first kappa shape index (κ1) is 21.8. The highest BCUT2D eigenvalue weighted by atomic mass is 32.1. The van der Waals surface area contributed by atoms with Crippen LogP contribution in [0, 0.1) is 10.1 Å². The van der Waals surface area contributed by atoms with Gasteiger partial charge in [-0.3, -0.25) is 19.7 Å². The van der Waals surface area contributed by atoms with Crippen molar-refractivity contribution < 1.29 is 14.5 Å². The predicted molar refractivity (Wildman–Crippen MR) is 125 cm³/mol. The number of carbonyl (C=O) groups excluding carboxylic acids is 2. The van der Waals surface area contributed by atoms with Crippen molar-refractivity contribution in [2.45, 2.75) is 13.3 Å². The van der Waals surface area contributed by atoms with Crippen LogP contribution in [0.4, 0.5) is 11.4 Å². The first-order valence-electron chi connectivity index (χ1n) is 10.5. The molecular formula is C23H24N4O4S. The molecule has 2 heterocycles. The SMILES string of the molecule is CC(=O)N1CCN(c2ccc(C(=O)NCCc3csc4ccccc34)cc2[N+](=O)[O-])CC1. The third-order valence-corrected chi connectivity index (χ3v) is 6.75. The number of nitro benzene ring substituents is 1. The number of nitrogens with zero attached hydrogens (tertiary/aromatic N) is 3. The first-order chi connectivity index (χ1) is 15.4. The lowest BCUT2D eigenvalue weighted by Crippen LogP contribution is -2.48. The molecule has 1 fully saturated rings. The van der Waals surface area contributed by atoms with Crippen LogP contribution in [0.1, 0.15) is 22.8 Å². The molecule has 0 bridgehead atoms. The number of amides is 2. The predicted octanol–water partition coefficient (Wildman–Crippen LogP) is 3.45. The van der Waals surface area contributed by atoms with Crippen molar-refractivity contribution in [3.8, 4) is 0 Å². The molecule has 9 heteroatoms. The van der Waals surface area contributed by atoms with Gasteiger partial charge in [-0.15, -0.1) is 11.3 Å². The number of anilines is 1. The van der Waals surface area contributed by atoms with Gasteiger partial charge >= 0.3 is 0 Å². The second kappa shape index (κ2) is 9.35. The van der Waals surface area contributed by atoms with Crippen LogP contribution in [0.2, 0.25) is 0 Å². The number of carbonyl (C=O) groups is 2. The van der Waals surface area contributed by atoms with Gasteiger partial charge in [0, 0.05) is 56.0 Å². The maximum absolute atomic E-state index is 12.6. The van der Waals surface area contributed by atoms with Crippen molar-refractivity contribution in [1.82, 2.24) is 10.2 Å². The van der Waals surface area contributed by atoms with Gasteiger partial charge in [0.15, 0.2) is 0 Å². The molecule has 0 radical (unpaired) electrons. The van der Waals surface area contributed by atoms with E-state index < -0.39 is 4.92 Å². The smallest absolute Gasteiger partial charge is 0.293 e.